The average Bonchev–Trinajstić information content (AvgIpc) is 3.26. The monoisotopic (exact) mass is 351 g/mol. The molecule has 1 aliphatic heterocycles. The number of nitrogens with zero attached hydrogens (tertiary/aromatic N) is 2. The van der Waals surface area contributed by atoms with Crippen LogP contribution < -0.4 is 5.32 Å². The molecule has 2 rings (SSSR count). The lowest BCUT2D eigenvalue weighted by molar-refractivity contribution is 0.0536. The van der Waals surface area contributed by atoms with Crippen molar-refractivity contribution in [2.75, 3.05) is 53.1 Å². The molecule has 6 heteroatoms. The minimum absolute atomic E-state index is 0.553. The summed E-state index contributed by atoms with van der Waals surface area (Å²) in [5, 5.41) is 3.51. The maximum absolute atomic E-state index is 5.69. The fourth-order valence-corrected chi connectivity index (χ4v) is 2.84. The Morgan fingerprint density at radius 2 is 2.32 bits per heavy atom. The zero-order valence-electron chi connectivity index (χ0n) is 15.9. The van der Waals surface area contributed by atoms with Crippen molar-refractivity contribution in [3.8, 4) is 0 Å². The third-order valence-electron chi connectivity index (χ3n) is 4.21. The van der Waals surface area contributed by atoms with Crippen LogP contribution in [-0.2, 0) is 15.9 Å². The van der Waals surface area contributed by atoms with E-state index in [4.69, 9.17) is 18.9 Å². The molecule has 0 saturated carbocycles. The van der Waals surface area contributed by atoms with Crippen molar-refractivity contribution in [2.24, 2.45) is 16.8 Å². The van der Waals surface area contributed by atoms with E-state index in [1.807, 2.05) is 12.1 Å². The van der Waals surface area contributed by atoms with Crippen LogP contribution in [0.3, 0.4) is 0 Å². The number of aliphatic imine (C=N–C) groups is 1. The standard InChI is InChI=1S/C19H33N3O3/c1-16(2)13-21-19(20-8-6-18-5-4-10-25-18)22-9-7-17(14-22)15-24-12-11-23-3/h4-5,10,16-17H,6-9,11-15H2,1-3H3,(H,20,21). The van der Waals surface area contributed by atoms with E-state index in [9.17, 15) is 0 Å². The summed E-state index contributed by atoms with van der Waals surface area (Å²) in [7, 11) is 1.70. The fraction of sp³-hybridized carbons (Fsp3) is 0.737. The average molecular weight is 351 g/mol. The van der Waals surface area contributed by atoms with Crippen LogP contribution in [-0.4, -0.2) is 64.0 Å². The van der Waals surface area contributed by atoms with Crippen molar-refractivity contribution in [2.45, 2.75) is 26.7 Å². The zero-order valence-corrected chi connectivity index (χ0v) is 15.9. The van der Waals surface area contributed by atoms with E-state index < -0.39 is 0 Å². The second kappa shape index (κ2) is 11.2. The second-order valence-electron chi connectivity index (χ2n) is 6.98. The van der Waals surface area contributed by atoms with Gasteiger partial charge in [-0.25, -0.2) is 0 Å². The predicted molar refractivity (Wildman–Crippen MR) is 99.9 cm³/mol. The summed E-state index contributed by atoms with van der Waals surface area (Å²) in [4.78, 5) is 7.16. The number of methoxy groups -OCH3 is 1. The highest BCUT2D eigenvalue weighted by Gasteiger charge is 2.25. The Bertz CT molecular complexity index is 488. The van der Waals surface area contributed by atoms with Gasteiger partial charge in [-0.05, 0) is 24.5 Å². The molecule has 1 saturated heterocycles. The molecule has 0 amide bonds. The Balaban J connectivity index is 1.79. The quantitative estimate of drug-likeness (QED) is 0.398. The zero-order chi connectivity index (χ0) is 17.9. The Morgan fingerprint density at radius 1 is 1.44 bits per heavy atom. The molecular weight excluding hydrogens is 318 g/mol. The van der Waals surface area contributed by atoms with Gasteiger partial charge in [0.25, 0.3) is 0 Å². The molecular formula is C19H33N3O3. The molecule has 0 radical (unpaired) electrons. The van der Waals surface area contributed by atoms with Gasteiger partial charge >= 0.3 is 0 Å². The summed E-state index contributed by atoms with van der Waals surface area (Å²) in [6.45, 7) is 10.2. The normalized spacial score (nSPS) is 18.3. The van der Waals surface area contributed by atoms with Crippen LogP contribution in [0.15, 0.2) is 27.8 Å². The predicted octanol–water partition coefficient (Wildman–Crippen LogP) is 2.41. The van der Waals surface area contributed by atoms with Gasteiger partial charge in [0.15, 0.2) is 5.96 Å². The first-order valence-corrected chi connectivity index (χ1v) is 9.31. The van der Waals surface area contributed by atoms with Crippen molar-refractivity contribution in [1.29, 1.82) is 0 Å². The summed E-state index contributed by atoms with van der Waals surface area (Å²) < 4.78 is 16.1. The van der Waals surface area contributed by atoms with E-state index in [0.29, 0.717) is 25.0 Å². The van der Waals surface area contributed by atoms with Crippen LogP contribution in [0.5, 0.6) is 0 Å². The number of rotatable bonds is 10. The highest BCUT2D eigenvalue weighted by Crippen LogP contribution is 2.17. The lowest BCUT2D eigenvalue weighted by Gasteiger charge is -2.22. The maximum atomic E-state index is 5.69. The van der Waals surface area contributed by atoms with Crippen molar-refractivity contribution < 1.29 is 13.9 Å². The van der Waals surface area contributed by atoms with Gasteiger partial charge in [0.2, 0.25) is 0 Å². The summed E-state index contributed by atoms with van der Waals surface area (Å²) in [5.41, 5.74) is 0. The number of ether oxygens (including phenoxy) is 2. The van der Waals surface area contributed by atoms with Gasteiger partial charge in [0.05, 0.1) is 26.1 Å². The summed E-state index contributed by atoms with van der Waals surface area (Å²) in [5.74, 6) is 3.13. The molecule has 1 N–H and O–H groups in total. The number of hydrogen-bond donors (Lipinski definition) is 1. The minimum atomic E-state index is 0.553. The summed E-state index contributed by atoms with van der Waals surface area (Å²) >= 11 is 0. The molecule has 0 aromatic carbocycles. The van der Waals surface area contributed by atoms with E-state index in [0.717, 1.165) is 57.3 Å². The van der Waals surface area contributed by atoms with Crippen LogP contribution >= 0.6 is 0 Å². The van der Waals surface area contributed by atoms with E-state index in [2.05, 4.69) is 24.1 Å². The lowest BCUT2D eigenvalue weighted by Crippen LogP contribution is -2.41. The minimum Gasteiger partial charge on any atom is -0.469 e. The van der Waals surface area contributed by atoms with E-state index in [1.165, 1.54) is 0 Å². The largest absolute Gasteiger partial charge is 0.469 e. The van der Waals surface area contributed by atoms with Gasteiger partial charge in [-0.2, -0.15) is 0 Å². The van der Waals surface area contributed by atoms with Crippen molar-refractivity contribution in [3.63, 3.8) is 0 Å². The van der Waals surface area contributed by atoms with Gasteiger partial charge in [0, 0.05) is 45.6 Å². The summed E-state index contributed by atoms with van der Waals surface area (Å²) in [6.07, 6.45) is 3.73. The molecule has 1 aromatic rings. The Labute approximate surface area is 151 Å². The molecule has 1 aliphatic rings. The Kier molecular flexibility index (Phi) is 8.83. The third-order valence-corrected chi connectivity index (χ3v) is 4.21. The topological polar surface area (TPSA) is 59.2 Å². The Hall–Kier alpha value is -1.53. The van der Waals surface area contributed by atoms with E-state index >= 15 is 0 Å². The van der Waals surface area contributed by atoms with Gasteiger partial charge in [-0.15, -0.1) is 0 Å². The smallest absolute Gasteiger partial charge is 0.193 e. The number of likely N-dealkylation sites (tertiary alicyclic amines) is 1. The molecule has 0 aliphatic carbocycles. The molecule has 1 fully saturated rings. The first-order valence-electron chi connectivity index (χ1n) is 9.31. The van der Waals surface area contributed by atoms with Crippen molar-refractivity contribution in [3.05, 3.63) is 24.2 Å². The molecule has 1 atom stereocenters. The second-order valence-corrected chi connectivity index (χ2v) is 6.98. The SMILES string of the molecule is COCCOCC1CCN(C(=NCC(C)C)NCCc2ccco2)C1. The van der Waals surface area contributed by atoms with Crippen LogP contribution in [0.1, 0.15) is 26.0 Å². The van der Waals surface area contributed by atoms with E-state index in [1.54, 1.807) is 13.4 Å². The van der Waals surface area contributed by atoms with Gasteiger partial charge in [0.1, 0.15) is 5.76 Å². The summed E-state index contributed by atoms with van der Waals surface area (Å²) in [6, 6.07) is 3.94. The van der Waals surface area contributed by atoms with Crippen LogP contribution in [0.25, 0.3) is 0 Å². The van der Waals surface area contributed by atoms with Gasteiger partial charge < -0.3 is 24.1 Å². The molecule has 0 bridgehead atoms. The van der Waals surface area contributed by atoms with E-state index in [-0.39, 0.29) is 0 Å². The van der Waals surface area contributed by atoms with Crippen LogP contribution in [0, 0.1) is 11.8 Å². The Morgan fingerprint density at radius 3 is 3.04 bits per heavy atom. The number of nitrogens with one attached hydrogen (secondary N) is 1. The molecule has 6 nitrogen and oxygen atoms in total. The molecule has 1 aromatic heterocycles. The molecule has 0 spiro atoms. The number of hydrogen-bond acceptors (Lipinski definition) is 4. The molecule has 1 unspecified atom stereocenters. The number of guanidine groups is 1. The molecule has 25 heavy (non-hydrogen) atoms. The number of furan rings is 1. The fourth-order valence-electron chi connectivity index (χ4n) is 2.84. The van der Waals surface area contributed by atoms with Gasteiger partial charge in [-0.1, -0.05) is 13.8 Å². The molecule has 2 heterocycles. The van der Waals surface area contributed by atoms with Crippen LogP contribution in [0.2, 0.25) is 0 Å². The highest BCUT2D eigenvalue weighted by molar-refractivity contribution is 5.80. The first kappa shape index (κ1) is 19.8. The van der Waals surface area contributed by atoms with Crippen molar-refractivity contribution in [1.82, 2.24) is 10.2 Å². The maximum Gasteiger partial charge on any atom is 0.193 e. The van der Waals surface area contributed by atoms with Crippen molar-refractivity contribution >= 4 is 5.96 Å². The third kappa shape index (κ3) is 7.48. The highest BCUT2D eigenvalue weighted by atomic mass is 16.5. The lowest BCUT2D eigenvalue weighted by atomic mass is 10.1. The van der Waals surface area contributed by atoms with Gasteiger partial charge in [-0.3, -0.25) is 4.99 Å². The first-order chi connectivity index (χ1) is 12.2. The molecule has 142 valence electrons. The van der Waals surface area contributed by atoms with Crippen LogP contribution in [0.4, 0.5) is 0 Å².